The fourth-order valence-corrected chi connectivity index (χ4v) is 9.15. The van der Waals surface area contributed by atoms with E-state index in [2.05, 4.69) is 4.98 Å². The molecule has 1 saturated carbocycles. The molecule has 1 aromatic heterocycles. The molecule has 1 N–H and O–H groups in total. The van der Waals surface area contributed by atoms with Gasteiger partial charge in [0.2, 0.25) is 0 Å². The number of carbonyl (C=O) groups is 2. The van der Waals surface area contributed by atoms with E-state index in [0.29, 0.717) is 25.7 Å². The van der Waals surface area contributed by atoms with E-state index < -0.39 is 72.5 Å². The third kappa shape index (κ3) is 8.82. The maximum absolute atomic E-state index is 15.4. The number of H-pyrrole nitrogens is 1. The minimum absolute atomic E-state index is 0.0542. The average Bonchev–Trinajstić information content (AvgIpc) is 3.71. The molecule has 3 fully saturated rings. The van der Waals surface area contributed by atoms with Gasteiger partial charge in [0.1, 0.15) is 18.4 Å². The molecule has 4 rings (SSSR count). The molecule has 0 aromatic carbocycles. The Hall–Kier alpha value is -1.36. The third-order valence-corrected chi connectivity index (χ3v) is 13.6. The van der Waals surface area contributed by atoms with Gasteiger partial charge in [-0.15, -0.1) is 0 Å². The van der Waals surface area contributed by atoms with Crippen LogP contribution in [0.3, 0.4) is 0 Å². The smallest absolute Gasteiger partial charge is 0.340 e. The first-order valence-corrected chi connectivity index (χ1v) is 20.1. The Morgan fingerprint density at radius 2 is 1.55 bits per heavy atom. The molecular formula is C32H50FN2O11PS2. The largest absolute Gasteiger partial charge is 0.474 e. The molecule has 278 valence electrons. The molecule has 4 atom stereocenters. The summed E-state index contributed by atoms with van der Waals surface area (Å²) >= 11 is 2.06. The molecule has 1 spiro atoms. The quantitative estimate of drug-likeness (QED) is 0.151. The van der Waals surface area contributed by atoms with Gasteiger partial charge in [0.15, 0.2) is 27.8 Å². The number of ether oxygens (including phenoxy) is 3. The Balaban J connectivity index is 1.56. The predicted molar refractivity (Wildman–Crippen MR) is 184 cm³/mol. The van der Waals surface area contributed by atoms with E-state index in [1.54, 1.807) is 6.92 Å². The van der Waals surface area contributed by atoms with Crippen molar-refractivity contribution in [3.05, 3.63) is 33.1 Å². The Kier molecular flexibility index (Phi) is 13.0. The van der Waals surface area contributed by atoms with Gasteiger partial charge in [0.25, 0.3) is 5.56 Å². The van der Waals surface area contributed by atoms with Crippen molar-refractivity contribution < 1.29 is 46.3 Å². The Bertz CT molecular complexity index is 1470. The second-order valence-corrected chi connectivity index (χ2v) is 18.0. The topological polar surface area (TPSA) is 161 Å². The van der Waals surface area contributed by atoms with Crippen LogP contribution in [0.15, 0.2) is 21.9 Å². The van der Waals surface area contributed by atoms with Crippen LogP contribution in [-0.4, -0.2) is 80.9 Å². The first-order chi connectivity index (χ1) is 22.9. The lowest BCUT2D eigenvalue weighted by Crippen LogP contribution is -2.51. The van der Waals surface area contributed by atoms with E-state index in [9.17, 15) is 23.7 Å². The van der Waals surface area contributed by atoms with Crippen molar-refractivity contribution >= 4 is 41.6 Å². The number of thioether (sulfide) groups is 2. The standard InChI is InChI=1S/C32H50FN2O11PS2/c1-8-28(3,4)25(37)48-18-16-41-47(40,42-17-19-49-26(38)29(5,6)9-2)43-21-31(20-33)23-30(7,46-32(44-23)13-10-11-14-32)24(45-31)35-15-12-22(36)34-27(35)39/h12,15,23-24H,8-11,13-14,16-21H2,1-7H3,(H,34,36,39)/t23-,24+,30+,31+/m0/s1. The number of carbonyl (C=O) groups excluding carboxylic acids is 2. The lowest BCUT2D eigenvalue weighted by molar-refractivity contribution is -0.252. The second-order valence-electron chi connectivity index (χ2n) is 14.2. The Morgan fingerprint density at radius 1 is 1.00 bits per heavy atom. The Morgan fingerprint density at radius 3 is 2.04 bits per heavy atom. The number of nitrogens with one attached hydrogen (secondary N) is 1. The predicted octanol–water partition coefficient (Wildman–Crippen LogP) is 5.77. The summed E-state index contributed by atoms with van der Waals surface area (Å²) in [7, 11) is -4.45. The molecule has 49 heavy (non-hydrogen) atoms. The summed E-state index contributed by atoms with van der Waals surface area (Å²) in [5.74, 6) is -0.742. The lowest BCUT2D eigenvalue weighted by atomic mass is 9.88. The summed E-state index contributed by atoms with van der Waals surface area (Å²) in [4.78, 5) is 52.2. The molecule has 2 aliphatic heterocycles. The number of fused-ring (bicyclic) bond motifs is 1. The number of alkyl halides is 1. The van der Waals surface area contributed by atoms with E-state index in [-0.39, 0.29) is 35.0 Å². The normalized spacial score (nSPS) is 26.8. The van der Waals surface area contributed by atoms with Crippen molar-refractivity contribution in [1.29, 1.82) is 0 Å². The van der Waals surface area contributed by atoms with Crippen LogP contribution in [0.1, 0.15) is 93.2 Å². The minimum Gasteiger partial charge on any atom is -0.340 e. The first kappa shape index (κ1) is 40.4. The van der Waals surface area contributed by atoms with Crippen molar-refractivity contribution in [2.75, 3.05) is 38.0 Å². The number of phosphoric ester groups is 1. The monoisotopic (exact) mass is 752 g/mol. The summed E-state index contributed by atoms with van der Waals surface area (Å²) < 4.78 is 66.9. The fourth-order valence-electron chi connectivity index (χ4n) is 5.90. The van der Waals surface area contributed by atoms with E-state index >= 15 is 4.39 Å². The van der Waals surface area contributed by atoms with Crippen LogP contribution in [0.25, 0.3) is 0 Å². The summed E-state index contributed by atoms with van der Waals surface area (Å²) in [6.45, 7) is 10.6. The van der Waals surface area contributed by atoms with Crippen molar-refractivity contribution in [3.8, 4) is 0 Å². The van der Waals surface area contributed by atoms with Crippen LogP contribution >= 0.6 is 31.3 Å². The van der Waals surface area contributed by atoms with Gasteiger partial charge in [0.05, 0.1) is 19.8 Å². The van der Waals surface area contributed by atoms with Gasteiger partial charge < -0.3 is 14.2 Å². The van der Waals surface area contributed by atoms with Crippen LogP contribution in [0.5, 0.6) is 0 Å². The van der Waals surface area contributed by atoms with Gasteiger partial charge in [-0.1, -0.05) is 65.1 Å². The number of hydrogen-bond acceptors (Lipinski definition) is 13. The van der Waals surface area contributed by atoms with Gasteiger partial charge in [0, 0.05) is 47.4 Å². The summed E-state index contributed by atoms with van der Waals surface area (Å²) in [6, 6.07) is 1.14. The number of rotatable bonds is 17. The summed E-state index contributed by atoms with van der Waals surface area (Å²) in [5.41, 5.74) is -5.88. The molecule has 2 saturated heterocycles. The van der Waals surface area contributed by atoms with Crippen LogP contribution < -0.4 is 11.2 Å². The second kappa shape index (κ2) is 15.7. The zero-order chi connectivity index (χ0) is 36.3. The highest BCUT2D eigenvalue weighted by Crippen LogP contribution is 2.60. The SMILES string of the molecule is CCC(C)(C)C(=O)SCCOP(=O)(OCCSC(=O)C(C)(C)CC)OC[C@@]1(CF)O[C@@H](n2ccc(=O)[nH]c2=O)[C@]2(C)OC3(CCCC3)O[C@H]12. The van der Waals surface area contributed by atoms with Crippen molar-refractivity contribution in [2.24, 2.45) is 10.8 Å². The van der Waals surface area contributed by atoms with Gasteiger partial charge in [-0.05, 0) is 32.6 Å². The molecule has 1 aromatic rings. The number of aromatic amines is 1. The van der Waals surface area contributed by atoms with E-state index in [1.165, 1.54) is 6.20 Å². The molecule has 0 bridgehead atoms. The molecule has 0 amide bonds. The third-order valence-electron chi connectivity index (χ3n) is 9.74. The molecular weight excluding hydrogens is 702 g/mol. The van der Waals surface area contributed by atoms with Crippen molar-refractivity contribution in [2.45, 2.75) is 116 Å². The van der Waals surface area contributed by atoms with Gasteiger partial charge in [-0.25, -0.2) is 13.8 Å². The molecule has 0 radical (unpaired) electrons. The average molecular weight is 753 g/mol. The van der Waals surface area contributed by atoms with E-state index in [4.69, 9.17) is 27.8 Å². The number of nitrogens with zero attached hydrogens (tertiary/aromatic N) is 1. The van der Waals surface area contributed by atoms with Gasteiger partial charge >= 0.3 is 13.5 Å². The highest BCUT2D eigenvalue weighted by Gasteiger charge is 2.72. The zero-order valence-electron chi connectivity index (χ0n) is 29.4. The number of aromatic nitrogens is 2. The first-order valence-electron chi connectivity index (χ1n) is 16.7. The highest BCUT2D eigenvalue weighted by atomic mass is 32.2. The summed E-state index contributed by atoms with van der Waals surface area (Å²) in [6.07, 6.45) is 2.84. The Labute approximate surface area is 295 Å². The minimum atomic E-state index is -4.45. The van der Waals surface area contributed by atoms with Crippen LogP contribution in [0, 0.1) is 10.8 Å². The molecule has 3 heterocycles. The molecule has 17 heteroatoms. The number of halogens is 1. The van der Waals surface area contributed by atoms with Crippen LogP contribution in [0.2, 0.25) is 0 Å². The van der Waals surface area contributed by atoms with E-state index in [1.807, 2.05) is 41.5 Å². The maximum atomic E-state index is 15.4. The van der Waals surface area contributed by atoms with Crippen LogP contribution in [0.4, 0.5) is 4.39 Å². The van der Waals surface area contributed by atoms with Crippen molar-refractivity contribution in [3.63, 3.8) is 0 Å². The number of phosphoric acid groups is 1. The number of hydrogen-bond donors (Lipinski definition) is 1. The zero-order valence-corrected chi connectivity index (χ0v) is 31.9. The summed E-state index contributed by atoms with van der Waals surface area (Å²) in [5, 5.41) is -0.108. The van der Waals surface area contributed by atoms with Gasteiger partial charge in [-0.2, -0.15) is 0 Å². The molecule has 0 unspecified atom stereocenters. The fraction of sp³-hybridized carbons (Fsp3) is 0.812. The van der Waals surface area contributed by atoms with Crippen molar-refractivity contribution in [1.82, 2.24) is 9.55 Å². The van der Waals surface area contributed by atoms with E-state index in [0.717, 1.165) is 47.0 Å². The molecule has 3 aliphatic rings. The maximum Gasteiger partial charge on any atom is 0.474 e. The molecule has 1 aliphatic carbocycles. The van der Waals surface area contributed by atoms with Crippen LogP contribution in [-0.2, 0) is 41.9 Å². The molecule has 13 nitrogen and oxygen atoms in total. The lowest BCUT2D eigenvalue weighted by Gasteiger charge is -2.34. The highest BCUT2D eigenvalue weighted by molar-refractivity contribution is 8.14. The van der Waals surface area contributed by atoms with Gasteiger partial charge in [-0.3, -0.25) is 37.5 Å².